The number of carbonyl (C=O) groups excluding carboxylic acids is 1. The van der Waals surface area contributed by atoms with Gasteiger partial charge >= 0.3 is 0 Å². The van der Waals surface area contributed by atoms with Gasteiger partial charge in [-0.05, 0) is 57.0 Å². The minimum Gasteiger partial charge on any atom is -0.480 e. The second kappa shape index (κ2) is 6.97. The highest BCUT2D eigenvalue weighted by atomic mass is 16.5. The monoisotopic (exact) mass is 338 g/mol. The summed E-state index contributed by atoms with van der Waals surface area (Å²) in [5.41, 5.74) is 1.98. The van der Waals surface area contributed by atoms with Crippen LogP contribution in [0.1, 0.15) is 26.3 Å². The number of ketones is 1. The van der Waals surface area contributed by atoms with E-state index in [1.54, 1.807) is 13.8 Å². The summed E-state index contributed by atoms with van der Waals surface area (Å²) in [4.78, 5) is 15.9. The SMILES string of the molecule is CC(=O)C(C)(C)Oc1ccc(CCNc2nc3ccccc3o2)cc1. The molecule has 5 heteroatoms. The molecule has 1 heterocycles. The molecule has 2 aromatic carbocycles. The smallest absolute Gasteiger partial charge is 0.295 e. The van der Waals surface area contributed by atoms with Gasteiger partial charge in [-0.25, -0.2) is 0 Å². The summed E-state index contributed by atoms with van der Waals surface area (Å²) >= 11 is 0. The highest BCUT2D eigenvalue weighted by molar-refractivity contribution is 5.84. The van der Waals surface area contributed by atoms with Crippen LogP contribution in [0.15, 0.2) is 52.9 Å². The Morgan fingerprint density at radius 3 is 2.56 bits per heavy atom. The number of rotatable bonds is 7. The first-order valence-corrected chi connectivity index (χ1v) is 8.32. The number of aromatic nitrogens is 1. The van der Waals surface area contributed by atoms with E-state index in [4.69, 9.17) is 9.15 Å². The summed E-state index contributed by atoms with van der Waals surface area (Å²) < 4.78 is 11.4. The van der Waals surface area contributed by atoms with Crippen LogP contribution in [-0.4, -0.2) is 22.9 Å². The molecule has 1 N–H and O–H groups in total. The second-order valence-corrected chi connectivity index (χ2v) is 6.48. The van der Waals surface area contributed by atoms with Crippen molar-refractivity contribution in [2.75, 3.05) is 11.9 Å². The van der Waals surface area contributed by atoms with Crippen LogP contribution in [0.4, 0.5) is 6.01 Å². The lowest BCUT2D eigenvalue weighted by molar-refractivity contribution is -0.129. The highest BCUT2D eigenvalue weighted by Crippen LogP contribution is 2.21. The lowest BCUT2D eigenvalue weighted by Gasteiger charge is -2.23. The number of carbonyl (C=O) groups is 1. The van der Waals surface area contributed by atoms with Gasteiger partial charge in [0.1, 0.15) is 11.3 Å². The third-order valence-electron chi connectivity index (χ3n) is 4.13. The predicted octanol–water partition coefficient (Wildman–Crippen LogP) is 4.23. The number of oxazole rings is 1. The fourth-order valence-corrected chi connectivity index (χ4v) is 2.35. The number of benzene rings is 2. The third kappa shape index (κ3) is 4.18. The van der Waals surface area contributed by atoms with E-state index in [1.807, 2.05) is 48.5 Å². The number of hydrogen-bond donors (Lipinski definition) is 1. The van der Waals surface area contributed by atoms with Gasteiger partial charge in [0, 0.05) is 6.54 Å². The summed E-state index contributed by atoms with van der Waals surface area (Å²) in [5, 5.41) is 3.20. The van der Waals surface area contributed by atoms with Gasteiger partial charge in [0.2, 0.25) is 0 Å². The largest absolute Gasteiger partial charge is 0.480 e. The first-order valence-electron chi connectivity index (χ1n) is 8.32. The van der Waals surface area contributed by atoms with Crippen LogP contribution in [0, 0.1) is 0 Å². The van der Waals surface area contributed by atoms with Crippen molar-refractivity contribution in [1.82, 2.24) is 4.98 Å². The molecule has 0 atom stereocenters. The molecule has 0 bridgehead atoms. The molecule has 0 aliphatic heterocycles. The number of nitrogens with zero attached hydrogens (tertiary/aromatic N) is 1. The number of anilines is 1. The van der Waals surface area contributed by atoms with Crippen molar-refractivity contribution in [2.45, 2.75) is 32.8 Å². The number of nitrogens with one attached hydrogen (secondary N) is 1. The normalized spacial score (nSPS) is 11.5. The van der Waals surface area contributed by atoms with Crippen molar-refractivity contribution in [3.63, 3.8) is 0 Å². The third-order valence-corrected chi connectivity index (χ3v) is 4.13. The van der Waals surface area contributed by atoms with E-state index < -0.39 is 5.60 Å². The molecule has 0 spiro atoms. The summed E-state index contributed by atoms with van der Waals surface area (Å²) in [6.07, 6.45) is 0.828. The number of hydrogen-bond acceptors (Lipinski definition) is 5. The van der Waals surface area contributed by atoms with Crippen molar-refractivity contribution in [1.29, 1.82) is 0 Å². The van der Waals surface area contributed by atoms with Crippen LogP contribution >= 0.6 is 0 Å². The Morgan fingerprint density at radius 1 is 1.16 bits per heavy atom. The summed E-state index contributed by atoms with van der Waals surface area (Å²) in [6.45, 7) is 5.79. The van der Waals surface area contributed by atoms with Gasteiger partial charge in [0.25, 0.3) is 6.01 Å². The predicted molar refractivity (Wildman–Crippen MR) is 98.0 cm³/mol. The van der Waals surface area contributed by atoms with Gasteiger partial charge in [0.05, 0.1) is 0 Å². The van der Waals surface area contributed by atoms with Gasteiger partial charge in [-0.1, -0.05) is 24.3 Å². The summed E-state index contributed by atoms with van der Waals surface area (Å²) in [7, 11) is 0. The Hall–Kier alpha value is -2.82. The van der Waals surface area contributed by atoms with Crippen LogP contribution in [0.2, 0.25) is 0 Å². The van der Waals surface area contributed by atoms with E-state index in [-0.39, 0.29) is 5.78 Å². The van der Waals surface area contributed by atoms with Crippen LogP contribution in [0.25, 0.3) is 11.1 Å². The van der Waals surface area contributed by atoms with Gasteiger partial charge in [-0.3, -0.25) is 4.79 Å². The van der Waals surface area contributed by atoms with E-state index in [9.17, 15) is 4.79 Å². The molecule has 5 nitrogen and oxygen atoms in total. The van der Waals surface area contributed by atoms with E-state index in [2.05, 4.69) is 10.3 Å². The van der Waals surface area contributed by atoms with E-state index in [1.165, 1.54) is 6.92 Å². The Morgan fingerprint density at radius 2 is 1.88 bits per heavy atom. The standard InChI is InChI=1S/C20H22N2O3/c1-14(23)20(2,3)25-16-10-8-15(9-11-16)12-13-21-19-22-17-6-4-5-7-18(17)24-19/h4-11H,12-13H2,1-3H3,(H,21,22). The number of ether oxygens (including phenoxy) is 1. The molecule has 0 fully saturated rings. The number of para-hydroxylation sites is 2. The lowest BCUT2D eigenvalue weighted by Crippen LogP contribution is -2.36. The Bertz CT molecular complexity index is 833. The van der Waals surface area contributed by atoms with E-state index >= 15 is 0 Å². The molecule has 0 unspecified atom stereocenters. The average molecular weight is 338 g/mol. The van der Waals surface area contributed by atoms with Crippen molar-refractivity contribution in [3.8, 4) is 5.75 Å². The summed E-state index contributed by atoms with van der Waals surface area (Å²) in [5.74, 6) is 0.690. The molecule has 3 rings (SSSR count). The average Bonchev–Trinajstić information content (AvgIpc) is 2.99. The molecule has 3 aromatic rings. The minimum absolute atomic E-state index is 0.000823. The zero-order valence-corrected chi connectivity index (χ0v) is 14.7. The molecule has 0 amide bonds. The molecule has 25 heavy (non-hydrogen) atoms. The molecule has 0 saturated carbocycles. The van der Waals surface area contributed by atoms with Gasteiger partial charge in [-0.2, -0.15) is 4.98 Å². The molecule has 0 saturated heterocycles. The van der Waals surface area contributed by atoms with E-state index in [0.717, 1.165) is 23.1 Å². The molecule has 1 aromatic heterocycles. The maximum absolute atomic E-state index is 11.5. The molecule has 130 valence electrons. The van der Waals surface area contributed by atoms with Gasteiger partial charge < -0.3 is 14.5 Å². The van der Waals surface area contributed by atoms with Crippen molar-refractivity contribution in [3.05, 3.63) is 54.1 Å². The van der Waals surface area contributed by atoms with Crippen molar-refractivity contribution >= 4 is 22.9 Å². The Balaban J connectivity index is 1.54. The van der Waals surface area contributed by atoms with Gasteiger partial charge in [0.15, 0.2) is 17.0 Å². The zero-order valence-electron chi connectivity index (χ0n) is 14.7. The molecule has 0 aliphatic carbocycles. The first-order chi connectivity index (χ1) is 11.9. The Kier molecular flexibility index (Phi) is 4.74. The quantitative estimate of drug-likeness (QED) is 0.698. The molecular weight excluding hydrogens is 316 g/mol. The minimum atomic E-state index is -0.809. The maximum atomic E-state index is 11.5. The molecule has 0 aliphatic rings. The van der Waals surface area contributed by atoms with Gasteiger partial charge in [-0.15, -0.1) is 0 Å². The Labute approximate surface area is 147 Å². The van der Waals surface area contributed by atoms with Crippen molar-refractivity contribution < 1.29 is 13.9 Å². The van der Waals surface area contributed by atoms with Crippen molar-refractivity contribution in [2.24, 2.45) is 0 Å². The fraction of sp³-hybridized carbons (Fsp3) is 0.300. The number of Topliss-reactive ketones (excluding diaryl/α,β-unsaturated/α-hetero) is 1. The fourth-order valence-electron chi connectivity index (χ4n) is 2.35. The second-order valence-electron chi connectivity index (χ2n) is 6.48. The highest BCUT2D eigenvalue weighted by Gasteiger charge is 2.25. The zero-order chi connectivity index (χ0) is 17.9. The van der Waals surface area contributed by atoms with Crippen LogP contribution in [-0.2, 0) is 11.2 Å². The topological polar surface area (TPSA) is 64.4 Å². The van der Waals surface area contributed by atoms with Crippen LogP contribution in [0.5, 0.6) is 5.75 Å². The summed E-state index contributed by atoms with van der Waals surface area (Å²) in [6, 6.07) is 16.0. The maximum Gasteiger partial charge on any atom is 0.295 e. The first kappa shape index (κ1) is 17.0. The lowest BCUT2D eigenvalue weighted by atomic mass is 10.1. The molecule has 0 radical (unpaired) electrons. The number of fused-ring (bicyclic) bond motifs is 1. The van der Waals surface area contributed by atoms with Crippen LogP contribution in [0.3, 0.4) is 0 Å². The molecular formula is C20H22N2O3. The van der Waals surface area contributed by atoms with E-state index in [0.29, 0.717) is 18.3 Å². The van der Waals surface area contributed by atoms with Crippen LogP contribution < -0.4 is 10.1 Å².